The zero-order valence-corrected chi connectivity index (χ0v) is 15.5. The van der Waals surface area contributed by atoms with E-state index in [2.05, 4.69) is 15.5 Å². The first-order chi connectivity index (χ1) is 12.9. The lowest BCUT2D eigenvalue weighted by Crippen LogP contribution is -2.40. The first kappa shape index (κ1) is 18.0. The standard InChI is InChI=1S/C18H18F2N4O2S/c1-2-14-22-23-17(27-14)24-9-10(5-15(24)25)16(26)21-18(3-4-18)11-6-12(19)8-13(20)7-11/h6-8,10H,2-5,9H2,1H3,(H,21,26). The van der Waals surface area contributed by atoms with Crippen LogP contribution in [0, 0.1) is 17.6 Å². The van der Waals surface area contributed by atoms with Gasteiger partial charge in [0, 0.05) is 19.0 Å². The number of hydrogen-bond donors (Lipinski definition) is 1. The third-order valence-corrected chi connectivity index (χ3v) is 6.10. The van der Waals surface area contributed by atoms with Crippen LogP contribution < -0.4 is 10.2 Å². The average Bonchev–Trinajstić information content (AvgIpc) is 3.07. The number of nitrogens with zero attached hydrogens (tertiary/aromatic N) is 3. The molecule has 2 aliphatic rings. The third-order valence-electron chi connectivity index (χ3n) is 5.01. The monoisotopic (exact) mass is 392 g/mol. The molecule has 0 bridgehead atoms. The Bertz CT molecular complexity index is 892. The molecule has 1 N–H and O–H groups in total. The summed E-state index contributed by atoms with van der Waals surface area (Å²) in [5, 5.41) is 12.3. The van der Waals surface area contributed by atoms with Crippen molar-refractivity contribution < 1.29 is 18.4 Å². The van der Waals surface area contributed by atoms with E-state index in [1.165, 1.54) is 28.4 Å². The number of aryl methyl sites for hydroxylation is 1. The van der Waals surface area contributed by atoms with Crippen molar-refractivity contribution in [3.63, 3.8) is 0 Å². The summed E-state index contributed by atoms with van der Waals surface area (Å²) in [5.41, 5.74) is -0.319. The largest absolute Gasteiger partial charge is 0.346 e. The topological polar surface area (TPSA) is 75.2 Å². The molecule has 2 fully saturated rings. The van der Waals surface area contributed by atoms with Gasteiger partial charge in [-0.2, -0.15) is 0 Å². The molecule has 1 saturated heterocycles. The van der Waals surface area contributed by atoms with Crippen molar-refractivity contribution in [3.8, 4) is 0 Å². The molecule has 1 saturated carbocycles. The van der Waals surface area contributed by atoms with E-state index in [1.807, 2.05) is 6.92 Å². The fourth-order valence-corrected chi connectivity index (χ4v) is 4.15. The number of aromatic nitrogens is 2. The Balaban J connectivity index is 1.46. The van der Waals surface area contributed by atoms with Gasteiger partial charge in [-0.25, -0.2) is 8.78 Å². The van der Waals surface area contributed by atoms with Gasteiger partial charge in [-0.1, -0.05) is 18.3 Å². The van der Waals surface area contributed by atoms with Crippen LogP contribution in [-0.4, -0.2) is 28.6 Å². The number of carbonyl (C=O) groups excluding carboxylic acids is 2. The molecule has 2 aromatic rings. The highest BCUT2D eigenvalue weighted by Gasteiger charge is 2.48. The molecule has 1 aromatic carbocycles. The van der Waals surface area contributed by atoms with Crippen LogP contribution in [0.5, 0.6) is 0 Å². The van der Waals surface area contributed by atoms with Gasteiger partial charge >= 0.3 is 0 Å². The van der Waals surface area contributed by atoms with Gasteiger partial charge in [0.2, 0.25) is 16.9 Å². The Kier molecular flexibility index (Phi) is 4.41. The fourth-order valence-electron chi connectivity index (χ4n) is 3.34. The molecule has 27 heavy (non-hydrogen) atoms. The van der Waals surface area contributed by atoms with Gasteiger partial charge in [-0.15, -0.1) is 10.2 Å². The average molecular weight is 392 g/mol. The lowest BCUT2D eigenvalue weighted by molar-refractivity contribution is -0.127. The molecular formula is C18H18F2N4O2S. The normalized spacial score (nSPS) is 20.8. The van der Waals surface area contributed by atoms with Crippen LogP contribution in [0.25, 0.3) is 0 Å². The van der Waals surface area contributed by atoms with Crippen molar-refractivity contribution in [3.05, 3.63) is 40.4 Å². The van der Waals surface area contributed by atoms with Crippen molar-refractivity contribution in [2.45, 2.75) is 38.1 Å². The molecule has 1 aliphatic carbocycles. The van der Waals surface area contributed by atoms with E-state index in [0.717, 1.165) is 17.5 Å². The number of rotatable bonds is 5. The summed E-state index contributed by atoms with van der Waals surface area (Å²) in [6.45, 7) is 2.19. The third kappa shape index (κ3) is 3.43. The van der Waals surface area contributed by atoms with Crippen molar-refractivity contribution in [2.24, 2.45) is 5.92 Å². The molecule has 142 valence electrons. The second-order valence-corrected chi connectivity index (χ2v) is 8.01. The van der Waals surface area contributed by atoms with Gasteiger partial charge in [0.05, 0.1) is 11.5 Å². The predicted molar refractivity (Wildman–Crippen MR) is 95.2 cm³/mol. The SMILES string of the molecule is CCc1nnc(N2CC(C(=O)NC3(c4cc(F)cc(F)c4)CC3)CC2=O)s1. The Morgan fingerprint density at radius 3 is 2.59 bits per heavy atom. The number of nitrogens with one attached hydrogen (secondary N) is 1. The highest BCUT2D eigenvalue weighted by Crippen LogP contribution is 2.46. The van der Waals surface area contributed by atoms with Gasteiger partial charge in [-0.05, 0) is 37.0 Å². The summed E-state index contributed by atoms with van der Waals surface area (Å²) >= 11 is 1.34. The number of amides is 2. The summed E-state index contributed by atoms with van der Waals surface area (Å²) in [6.07, 6.45) is 2.04. The van der Waals surface area contributed by atoms with Crippen LogP contribution in [0.15, 0.2) is 18.2 Å². The molecule has 2 amide bonds. The van der Waals surface area contributed by atoms with Gasteiger partial charge in [0.25, 0.3) is 0 Å². The Labute approximate surface area is 158 Å². The highest BCUT2D eigenvalue weighted by molar-refractivity contribution is 7.15. The molecule has 1 unspecified atom stereocenters. The van der Waals surface area contributed by atoms with Crippen molar-refractivity contribution in [1.82, 2.24) is 15.5 Å². The lowest BCUT2D eigenvalue weighted by atomic mass is 10.0. The van der Waals surface area contributed by atoms with Gasteiger partial charge in [0.1, 0.15) is 16.6 Å². The summed E-state index contributed by atoms with van der Waals surface area (Å²) < 4.78 is 27.1. The number of anilines is 1. The van der Waals surface area contributed by atoms with Gasteiger partial charge in [0.15, 0.2) is 0 Å². The van der Waals surface area contributed by atoms with Crippen LogP contribution >= 0.6 is 11.3 Å². The molecule has 0 radical (unpaired) electrons. The van der Waals surface area contributed by atoms with Crippen LogP contribution in [0.4, 0.5) is 13.9 Å². The van der Waals surface area contributed by atoms with Gasteiger partial charge in [-0.3, -0.25) is 14.5 Å². The van der Waals surface area contributed by atoms with Crippen LogP contribution in [-0.2, 0) is 21.5 Å². The minimum atomic E-state index is -0.741. The predicted octanol–water partition coefficient (Wildman–Crippen LogP) is 2.54. The first-order valence-electron chi connectivity index (χ1n) is 8.81. The molecule has 1 atom stereocenters. The van der Waals surface area contributed by atoms with E-state index in [-0.39, 0.29) is 24.8 Å². The number of carbonyl (C=O) groups is 2. The lowest BCUT2D eigenvalue weighted by Gasteiger charge is -2.20. The maximum absolute atomic E-state index is 13.5. The molecule has 2 heterocycles. The highest BCUT2D eigenvalue weighted by atomic mass is 32.1. The second kappa shape index (κ2) is 6.63. The van der Waals surface area contributed by atoms with E-state index < -0.39 is 23.1 Å². The Morgan fingerprint density at radius 1 is 1.30 bits per heavy atom. The fraction of sp³-hybridized carbons (Fsp3) is 0.444. The smallest absolute Gasteiger partial charge is 0.229 e. The zero-order chi connectivity index (χ0) is 19.2. The minimum Gasteiger partial charge on any atom is -0.346 e. The molecule has 4 rings (SSSR count). The molecule has 0 spiro atoms. The number of benzene rings is 1. The van der Waals surface area contributed by atoms with E-state index in [9.17, 15) is 18.4 Å². The summed E-state index contributed by atoms with van der Waals surface area (Å²) in [4.78, 5) is 26.5. The quantitative estimate of drug-likeness (QED) is 0.849. The number of halogens is 2. The van der Waals surface area contributed by atoms with Crippen molar-refractivity contribution in [2.75, 3.05) is 11.4 Å². The maximum atomic E-state index is 13.5. The summed E-state index contributed by atoms with van der Waals surface area (Å²) in [5.74, 6) is -2.32. The van der Waals surface area contributed by atoms with Crippen molar-refractivity contribution >= 4 is 28.3 Å². The van der Waals surface area contributed by atoms with Crippen LogP contribution in [0.2, 0.25) is 0 Å². The van der Waals surface area contributed by atoms with Crippen molar-refractivity contribution in [1.29, 1.82) is 0 Å². The second-order valence-electron chi connectivity index (χ2n) is 6.97. The molecule has 9 heteroatoms. The Hall–Kier alpha value is -2.42. The van der Waals surface area contributed by atoms with E-state index in [0.29, 0.717) is 23.5 Å². The maximum Gasteiger partial charge on any atom is 0.229 e. The zero-order valence-electron chi connectivity index (χ0n) is 14.7. The first-order valence-corrected chi connectivity index (χ1v) is 9.63. The van der Waals surface area contributed by atoms with Crippen LogP contribution in [0.1, 0.15) is 36.8 Å². The Morgan fingerprint density at radius 2 is 2.00 bits per heavy atom. The molecule has 1 aliphatic heterocycles. The minimum absolute atomic E-state index is 0.0838. The summed E-state index contributed by atoms with van der Waals surface area (Å²) in [7, 11) is 0. The van der Waals surface area contributed by atoms with Crippen LogP contribution in [0.3, 0.4) is 0 Å². The van der Waals surface area contributed by atoms with E-state index in [4.69, 9.17) is 0 Å². The van der Waals surface area contributed by atoms with E-state index >= 15 is 0 Å². The number of hydrogen-bond acceptors (Lipinski definition) is 5. The molecule has 1 aromatic heterocycles. The van der Waals surface area contributed by atoms with E-state index in [1.54, 1.807) is 0 Å². The molecule has 6 nitrogen and oxygen atoms in total. The van der Waals surface area contributed by atoms with Gasteiger partial charge < -0.3 is 5.32 Å². The summed E-state index contributed by atoms with van der Waals surface area (Å²) in [6, 6.07) is 3.30. The molecular weight excluding hydrogens is 374 g/mol.